The van der Waals surface area contributed by atoms with Crippen LogP contribution in [0.15, 0.2) is 23.8 Å². The van der Waals surface area contributed by atoms with Gasteiger partial charge >= 0.3 is 0 Å². The third-order valence-electron chi connectivity index (χ3n) is 11.6. The van der Waals surface area contributed by atoms with Gasteiger partial charge in [-0.3, -0.25) is 4.79 Å². The Bertz CT molecular complexity index is 817. The standard InChI is InChI=1S/C30H48O2/c1-19-9-13-23-27(3,4)25(31)15-17-29(23,7)21(19)11-12-22-20(2)10-14-24-28(5,6)26(32)16-18-30(22,24)8/h10,21-24,26,32H,1,9,11-18H2,2-8H3/t21-,22-,23-,24-,26-,29+,30+/m0/s1. The van der Waals surface area contributed by atoms with E-state index < -0.39 is 0 Å². The second-order valence-electron chi connectivity index (χ2n) is 13.7. The number of Topliss-reactive ketones (excluding diaryl/α,β-unsaturated/α-hetero) is 1. The van der Waals surface area contributed by atoms with Crippen LogP contribution in [-0.2, 0) is 4.79 Å². The summed E-state index contributed by atoms with van der Waals surface area (Å²) in [6, 6.07) is 0. The molecule has 0 aromatic carbocycles. The molecule has 0 heterocycles. The van der Waals surface area contributed by atoms with Gasteiger partial charge in [0, 0.05) is 11.8 Å². The van der Waals surface area contributed by atoms with Crippen molar-refractivity contribution in [3.05, 3.63) is 23.8 Å². The largest absolute Gasteiger partial charge is 0.393 e. The van der Waals surface area contributed by atoms with E-state index in [0.717, 1.165) is 44.9 Å². The molecule has 2 nitrogen and oxygen atoms in total. The number of aliphatic hydroxyl groups is 1. The summed E-state index contributed by atoms with van der Waals surface area (Å²) in [6.07, 6.45) is 11.8. The van der Waals surface area contributed by atoms with Gasteiger partial charge in [-0.15, -0.1) is 0 Å². The molecule has 0 bridgehead atoms. The van der Waals surface area contributed by atoms with E-state index in [1.165, 1.54) is 18.4 Å². The smallest absolute Gasteiger partial charge is 0.138 e. The van der Waals surface area contributed by atoms with E-state index in [1.807, 2.05) is 0 Å². The summed E-state index contributed by atoms with van der Waals surface area (Å²) in [6.45, 7) is 20.9. The average molecular weight is 441 g/mol. The molecule has 0 aromatic heterocycles. The molecule has 0 radical (unpaired) electrons. The van der Waals surface area contributed by atoms with E-state index in [2.05, 4.69) is 61.1 Å². The molecule has 3 fully saturated rings. The molecular weight excluding hydrogens is 392 g/mol. The summed E-state index contributed by atoms with van der Waals surface area (Å²) in [5.74, 6) is 2.59. The Morgan fingerprint density at radius 3 is 2.25 bits per heavy atom. The maximum Gasteiger partial charge on any atom is 0.138 e. The fourth-order valence-corrected chi connectivity index (χ4v) is 9.43. The number of aliphatic hydroxyl groups excluding tert-OH is 1. The number of rotatable bonds is 3. The van der Waals surface area contributed by atoms with Gasteiger partial charge in [-0.05, 0) is 98.2 Å². The monoisotopic (exact) mass is 440 g/mol. The third-order valence-corrected chi connectivity index (χ3v) is 11.6. The highest BCUT2D eigenvalue weighted by molar-refractivity contribution is 5.85. The Morgan fingerprint density at radius 1 is 0.938 bits per heavy atom. The lowest BCUT2D eigenvalue weighted by molar-refractivity contribution is -0.145. The molecular formula is C30H48O2. The van der Waals surface area contributed by atoms with Crippen molar-refractivity contribution >= 4 is 5.78 Å². The Labute approximate surface area is 197 Å². The first-order valence-electron chi connectivity index (χ1n) is 13.3. The quantitative estimate of drug-likeness (QED) is 0.461. The Balaban J connectivity index is 1.59. The summed E-state index contributed by atoms with van der Waals surface area (Å²) < 4.78 is 0. The predicted molar refractivity (Wildman–Crippen MR) is 133 cm³/mol. The van der Waals surface area contributed by atoms with Crippen LogP contribution in [0.25, 0.3) is 0 Å². The van der Waals surface area contributed by atoms with E-state index in [-0.39, 0.29) is 27.8 Å². The number of ketones is 1. The molecule has 180 valence electrons. The molecule has 4 rings (SSSR count). The third kappa shape index (κ3) is 3.41. The van der Waals surface area contributed by atoms with E-state index in [0.29, 0.717) is 29.5 Å². The van der Waals surface area contributed by atoms with Gasteiger partial charge in [0.05, 0.1) is 6.10 Å². The highest BCUT2D eigenvalue weighted by Crippen LogP contribution is 2.63. The second kappa shape index (κ2) is 7.82. The Hall–Kier alpha value is -0.890. The van der Waals surface area contributed by atoms with E-state index in [4.69, 9.17) is 0 Å². The molecule has 0 amide bonds. The van der Waals surface area contributed by atoms with Crippen molar-refractivity contribution in [2.45, 2.75) is 112 Å². The summed E-state index contributed by atoms with van der Waals surface area (Å²) in [5.41, 5.74) is 3.24. The molecule has 0 unspecified atom stereocenters. The van der Waals surface area contributed by atoms with Crippen LogP contribution >= 0.6 is 0 Å². The van der Waals surface area contributed by atoms with Gasteiger partial charge in [-0.2, -0.15) is 0 Å². The Morgan fingerprint density at radius 2 is 1.56 bits per heavy atom. The lowest BCUT2D eigenvalue weighted by atomic mass is 9.45. The summed E-state index contributed by atoms with van der Waals surface area (Å²) >= 11 is 0. The average Bonchev–Trinajstić information content (AvgIpc) is 2.69. The van der Waals surface area contributed by atoms with Crippen molar-refractivity contribution in [3.8, 4) is 0 Å². The van der Waals surface area contributed by atoms with Crippen LogP contribution in [0.2, 0.25) is 0 Å². The first kappa shape index (κ1) is 24.2. The van der Waals surface area contributed by atoms with Gasteiger partial charge in [0.25, 0.3) is 0 Å². The van der Waals surface area contributed by atoms with Gasteiger partial charge in [-0.1, -0.05) is 65.3 Å². The molecule has 4 aliphatic rings. The molecule has 0 spiro atoms. The van der Waals surface area contributed by atoms with Gasteiger partial charge in [0.1, 0.15) is 5.78 Å². The normalized spacial score (nSPS) is 45.6. The van der Waals surface area contributed by atoms with Crippen molar-refractivity contribution in [1.82, 2.24) is 0 Å². The van der Waals surface area contributed by atoms with Gasteiger partial charge in [-0.25, -0.2) is 0 Å². The topological polar surface area (TPSA) is 37.3 Å². The minimum atomic E-state index is -0.201. The van der Waals surface area contributed by atoms with Gasteiger partial charge in [0.2, 0.25) is 0 Å². The lowest BCUT2D eigenvalue weighted by Gasteiger charge is -2.59. The van der Waals surface area contributed by atoms with Crippen LogP contribution in [0.4, 0.5) is 0 Å². The zero-order chi connectivity index (χ0) is 23.7. The number of fused-ring (bicyclic) bond motifs is 2. The van der Waals surface area contributed by atoms with Crippen molar-refractivity contribution in [3.63, 3.8) is 0 Å². The van der Waals surface area contributed by atoms with Crippen LogP contribution in [-0.4, -0.2) is 17.0 Å². The number of carbonyl (C=O) groups excluding carboxylic acids is 1. The number of carbonyl (C=O) groups is 1. The van der Waals surface area contributed by atoms with Crippen molar-refractivity contribution in [1.29, 1.82) is 0 Å². The number of allylic oxidation sites excluding steroid dienone is 3. The van der Waals surface area contributed by atoms with E-state index in [1.54, 1.807) is 5.57 Å². The van der Waals surface area contributed by atoms with Crippen molar-refractivity contribution in [2.24, 2.45) is 45.3 Å². The fourth-order valence-electron chi connectivity index (χ4n) is 9.43. The maximum absolute atomic E-state index is 12.8. The van der Waals surface area contributed by atoms with Gasteiger partial charge in [0.15, 0.2) is 0 Å². The molecule has 0 aliphatic heterocycles. The van der Waals surface area contributed by atoms with Crippen molar-refractivity contribution in [2.75, 3.05) is 0 Å². The molecule has 3 saturated carbocycles. The van der Waals surface area contributed by atoms with Gasteiger partial charge < -0.3 is 5.11 Å². The minimum absolute atomic E-state index is 0.0261. The fraction of sp³-hybridized carbons (Fsp3) is 0.833. The van der Waals surface area contributed by atoms with Crippen LogP contribution in [0.5, 0.6) is 0 Å². The predicted octanol–water partition coefficient (Wildman–Crippen LogP) is 7.51. The molecule has 32 heavy (non-hydrogen) atoms. The van der Waals surface area contributed by atoms with Crippen molar-refractivity contribution < 1.29 is 9.90 Å². The first-order chi connectivity index (χ1) is 14.8. The molecule has 1 N–H and O–H groups in total. The van der Waals surface area contributed by atoms with Crippen LogP contribution in [0.1, 0.15) is 106 Å². The maximum atomic E-state index is 12.8. The molecule has 0 saturated heterocycles. The SMILES string of the molecule is C=C1CC[C@H]2C(C)(C)C(=O)CC[C@]2(C)[C@H]1CC[C@H]1C(C)=CC[C@H]2C(C)(C)[C@@H](O)CC[C@]12C. The molecule has 2 heteroatoms. The summed E-state index contributed by atoms with van der Waals surface area (Å²) in [5, 5.41) is 10.8. The number of hydrogen-bond donors (Lipinski definition) is 1. The second-order valence-corrected chi connectivity index (χ2v) is 13.7. The highest BCUT2D eigenvalue weighted by atomic mass is 16.3. The zero-order valence-corrected chi connectivity index (χ0v) is 21.9. The highest BCUT2D eigenvalue weighted by Gasteiger charge is 2.57. The molecule has 0 aromatic rings. The van der Waals surface area contributed by atoms with Crippen LogP contribution in [0.3, 0.4) is 0 Å². The Kier molecular flexibility index (Phi) is 5.93. The van der Waals surface area contributed by atoms with E-state index in [9.17, 15) is 9.90 Å². The number of hydrogen-bond acceptors (Lipinski definition) is 2. The minimum Gasteiger partial charge on any atom is -0.393 e. The lowest BCUT2D eigenvalue weighted by Crippen LogP contribution is -2.55. The zero-order valence-electron chi connectivity index (χ0n) is 21.9. The summed E-state index contributed by atoms with van der Waals surface area (Å²) in [4.78, 5) is 12.8. The molecule has 7 atom stereocenters. The summed E-state index contributed by atoms with van der Waals surface area (Å²) in [7, 11) is 0. The van der Waals surface area contributed by atoms with Crippen LogP contribution in [0, 0.1) is 45.3 Å². The van der Waals surface area contributed by atoms with Crippen LogP contribution < -0.4 is 0 Å². The first-order valence-corrected chi connectivity index (χ1v) is 13.3. The molecule has 4 aliphatic carbocycles. The van der Waals surface area contributed by atoms with E-state index >= 15 is 0 Å².